The summed E-state index contributed by atoms with van der Waals surface area (Å²) in [5.74, 6) is 0.598. The van der Waals surface area contributed by atoms with Gasteiger partial charge in [0, 0.05) is 23.8 Å². The van der Waals surface area contributed by atoms with Crippen LogP contribution in [-0.4, -0.2) is 30.3 Å². The average molecular weight is 407 g/mol. The van der Waals surface area contributed by atoms with E-state index in [1.165, 1.54) is 0 Å². The van der Waals surface area contributed by atoms with Crippen LogP contribution >= 0.6 is 0 Å². The van der Waals surface area contributed by atoms with Crippen molar-refractivity contribution in [1.82, 2.24) is 5.48 Å². The minimum atomic E-state index is -0.555. The molecule has 0 spiro atoms. The zero-order valence-electron chi connectivity index (χ0n) is 17.5. The maximum absolute atomic E-state index is 12.7. The second kappa shape index (κ2) is 8.92. The fourth-order valence-electron chi connectivity index (χ4n) is 4.85. The Morgan fingerprint density at radius 3 is 2.53 bits per heavy atom. The quantitative estimate of drug-likeness (QED) is 0.534. The number of anilines is 1. The van der Waals surface area contributed by atoms with Crippen LogP contribution in [0, 0.1) is 5.41 Å². The molecule has 0 aromatic heterocycles. The second-order valence-electron chi connectivity index (χ2n) is 8.46. The summed E-state index contributed by atoms with van der Waals surface area (Å²) in [6.45, 7) is 3.26. The fourth-order valence-corrected chi connectivity index (χ4v) is 4.85. The lowest BCUT2D eigenvalue weighted by atomic mass is 9.72. The van der Waals surface area contributed by atoms with Crippen LogP contribution < -0.4 is 15.1 Å². The van der Waals surface area contributed by atoms with E-state index in [2.05, 4.69) is 30.0 Å². The normalized spacial score (nSPS) is 20.1. The molecule has 0 saturated heterocycles. The van der Waals surface area contributed by atoms with Crippen LogP contribution in [0.25, 0.3) is 5.57 Å². The highest BCUT2D eigenvalue weighted by molar-refractivity contribution is 5.85. The van der Waals surface area contributed by atoms with E-state index in [9.17, 15) is 10.0 Å². The van der Waals surface area contributed by atoms with Gasteiger partial charge in [0.05, 0.1) is 5.41 Å². The summed E-state index contributed by atoms with van der Waals surface area (Å²) in [5, 5.41) is 9.42. The van der Waals surface area contributed by atoms with Crippen LogP contribution in [0.5, 0.6) is 5.75 Å². The van der Waals surface area contributed by atoms with Gasteiger partial charge in [-0.2, -0.15) is 0 Å². The van der Waals surface area contributed by atoms with Gasteiger partial charge >= 0.3 is 0 Å². The molecule has 158 valence electrons. The Kier molecular flexibility index (Phi) is 6.09. The molecule has 30 heavy (non-hydrogen) atoms. The van der Waals surface area contributed by atoms with Crippen molar-refractivity contribution < 1.29 is 14.7 Å². The Hall–Kier alpha value is -2.79. The summed E-state index contributed by atoms with van der Waals surface area (Å²) in [6, 6.07) is 18.3. The molecule has 2 aromatic carbocycles. The number of amides is 1. The van der Waals surface area contributed by atoms with E-state index < -0.39 is 5.41 Å². The number of carbonyl (C=O) groups excluding carboxylic acids is 1. The summed E-state index contributed by atoms with van der Waals surface area (Å²) in [7, 11) is 0. The molecule has 1 amide bonds. The van der Waals surface area contributed by atoms with Gasteiger partial charge in [0.1, 0.15) is 12.4 Å². The predicted molar refractivity (Wildman–Crippen MR) is 119 cm³/mol. The summed E-state index contributed by atoms with van der Waals surface area (Å²) < 4.78 is 6.03. The maximum atomic E-state index is 12.7. The Morgan fingerprint density at radius 2 is 1.80 bits per heavy atom. The van der Waals surface area contributed by atoms with Crippen molar-refractivity contribution in [2.45, 2.75) is 45.1 Å². The van der Waals surface area contributed by atoms with E-state index in [0.717, 1.165) is 54.7 Å². The van der Waals surface area contributed by atoms with E-state index in [4.69, 9.17) is 4.74 Å². The van der Waals surface area contributed by atoms with E-state index in [0.29, 0.717) is 13.2 Å². The molecule has 1 aliphatic carbocycles. The first kappa shape index (κ1) is 20.5. The maximum Gasteiger partial charge on any atom is 0.251 e. The number of hydrogen-bond acceptors (Lipinski definition) is 4. The number of carbonyl (C=O) groups is 1. The zero-order valence-corrected chi connectivity index (χ0v) is 17.5. The van der Waals surface area contributed by atoms with Crippen molar-refractivity contribution in [3.05, 3.63) is 66.2 Å². The second-order valence-corrected chi connectivity index (χ2v) is 8.46. The molecular formula is C25H30N2O3. The van der Waals surface area contributed by atoms with Crippen LogP contribution in [0.3, 0.4) is 0 Å². The highest BCUT2D eigenvalue weighted by Gasteiger charge is 2.42. The van der Waals surface area contributed by atoms with Crippen LogP contribution in [0.15, 0.2) is 60.7 Å². The van der Waals surface area contributed by atoms with Crippen molar-refractivity contribution in [1.29, 1.82) is 0 Å². The average Bonchev–Trinajstić information content (AvgIpc) is 2.80. The van der Waals surface area contributed by atoms with Crippen LogP contribution in [0.2, 0.25) is 0 Å². The van der Waals surface area contributed by atoms with Gasteiger partial charge < -0.3 is 9.64 Å². The monoisotopic (exact) mass is 406 g/mol. The summed E-state index contributed by atoms with van der Waals surface area (Å²) in [4.78, 5) is 15.0. The van der Waals surface area contributed by atoms with E-state index in [1.54, 1.807) is 0 Å². The van der Waals surface area contributed by atoms with Gasteiger partial charge in [0.25, 0.3) is 5.91 Å². The van der Waals surface area contributed by atoms with Gasteiger partial charge in [-0.15, -0.1) is 0 Å². The lowest BCUT2D eigenvalue weighted by Crippen LogP contribution is -2.51. The minimum absolute atomic E-state index is 0.125. The first-order valence-electron chi connectivity index (χ1n) is 10.8. The number of ether oxygens (including phenoxy) is 1. The van der Waals surface area contributed by atoms with Crippen LogP contribution in [-0.2, 0) is 4.79 Å². The van der Waals surface area contributed by atoms with Gasteiger partial charge in [-0.05, 0) is 43.5 Å². The van der Waals surface area contributed by atoms with E-state index in [1.807, 2.05) is 47.9 Å². The third-order valence-electron chi connectivity index (χ3n) is 6.50. The highest BCUT2D eigenvalue weighted by Crippen LogP contribution is 2.42. The third-order valence-corrected chi connectivity index (χ3v) is 6.50. The lowest BCUT2D eigenvalue weighted by molar-refractivity contribution is -0.141. The molecule has 1 aliphatic heterocycles. The number of rotatable bonds is 6. The lowest BCUT2D eigenvalue weighted by Gasteiger charge is -2.44. The predicted octanol–water partition coefficient (Wildman–Crippen LogP) is 4.81. The molecule has 1 saturated carbocycles. The first-order chi connectivity index (χ1) is 14.6. The third kappa shape index (κ3) is 4.08. The number of hydrogen-bond donors (Lipinski definition) is 2. The summed E-state index contributed by atoms with van der Waals surface area (Å²) >= 11 is 0. The molecule has 1 atom stereocenters. The molecule has 5 nitrogen and oxygen atoms in total. The molecule has 2 aliphatic rings. The Morgan fingerprint density at radius 1 is 1.10 bits per heavy atom. The Bertz CT molecular complexity index is 904. The fraction of sp³-hybridized carbons (Fsp3) is 0.400. The van der Waals surface area contributed by atoms with Gasteiger partial charge in [0.2, 0.25) is 0 Å². The number of para-hydroxylation sites is 2. The smallest absolute Gasteiger partial charge is 0.251 e. The zero-order chi connectivity index (χ0) is 21.0. The van der Waals surface area contributed by atoms with Crippen molar-refractivity contribution >= 4 is 17.2 Å². The standard InChI is InChI=1S/C25H30N2O3/c1-19-16-20(17-30-21-10-4-2-5-11-21)22-12-6-7-13-23(22)27(19)18-25(24(28)26-29)14-8-3-9-15-25/h2,4-7,10-13,16,19,29H,3,8-9,14-15,17-18H2,1H3,(H,26,28). The van der Waals surface area contributed by atoms with Gasteiger partial charge in [0.15, 0.2) is 0 Å². The molecule has 1 heterocycles. The van der Waals surface area contributed by atoms with E-state index >= 15 is 0 Å². The van der Waals surface area contributed by atoms with Crippen molar-refractivity contribution in [2.24, 2.45) is 5.41 Å². The van der Waals surface area contributed by atoms with Crippen molar-refractivity contribution in [2.75, 3.05) is 18.1 Å². The van der Waals surface area contributed by atoms with Crippen molar-refractivity contribution in [3.63, 3.8) is 0 Å². The number of hydroxylamine groups is 1. The number of benzene rings is 2. The largest absolute Gasteiger partial charge is 0.489 e. The van der Waals surface area contributed by atoms with Gasteiger partial charge in [-0.25, -0.2) is 5.48 Å². The summed E-state index contributed by atoms with van der Waals surface area (Å²) in [6.07, 6.45) is 7.02. The molecule has 1 fully saturated rings. The highest BCUT2D eigenvalue weighted by atomic mass is 16.5. The van der Waals surface area contributed by atoms with E-state index in [-0.39, 0.29) is 11.9 Å². The molecule has 2 aromatic rings. The Balaban J connectivity index is 1.60. The van der Waals surface area contributed by atoms with Gasteiger partial charge in [-0.1, -0.05) is 61.7 Å². The topological polar surface area (TPSA) is 61.8 Å². The van der Waals surface area contributed by atoms with Gasteiger partial charge in [-0.3, -0.25) is 10.0 Å². The summed E-state index contributed by atoms with van der Waals surface area (Å²) in [5.41, 5.74) is 4.81. The molecule has 2 N–H and O–H groups in total. The molecule has 0 radical (unpaired) electrons. The number of nitrogens with one attached hydrogen (secondary N) is 1. The number of nitrogens with zero attached hydrogens (tertiary/aromatic N) is 1. The molecular weight excluding hydrogens is 376 g/mol. The Labute approximate surface area is 178 Å². The molecule has 5 heteroatoms. The van der Waals surface area contributed by atoms with Crippen LogP contribution in [0.4, 0.5) is 5.69 Å². The first-order valence-corrected chi connectivity index (χ1v) is 10.8. The number of fused-ring (bicyclic) bond motifs is 1. The molecule has 0 bridgehead atoms. The SMILES string of the molecule is CC1C=C(COc2ccccc2)c2ccccc2N1CC1(C(=O)NO)CCCCC1. The van der Waals surface area contributed by atoms with Crippen molar-refractivity contribution in [3.8, 4) is 5.75 Å². The minimum Gasteiger partial charge on any atom is -0.489 e. The molecule has 4 rings (SSSR count). The van der Waals surface area contributed by atoms with Crippen LogP contribution in [0.1, 0.15) is 44.6 Å². The molecule has 1 unspecified atom stereocenters.